The van der Waals surface area contributed by atoms with E-state index in [1.54, 1.807) is 6.07 Å². The number of hydrogen-bond donors (Lipinski definition) is 2. The summed E-state index contributed by atoms with van der Waals surface area (Å²) < 4.78 is 26.6. The van der Waals surface area contributed by atoms with Crippen LogP contribution in [0.5, 0.6) is 0 Å². The minimum absolute atomic E-state index is 0.336. The first kappa shape index (κ1) is 14.2. The van der Waals surface area contributed by atoms with Crippen LogP contribution in [0.3, 0.4) is 0 Å². The Morgan fingerprint density at radius 2 is 1.81 bits per heavy atom. The van der Waals surface area contributed by atoms with Gasteiger partial charge in [0, 0.05) is 0 Å². The molecule has 0 amide bonds. The second-order valence-electron chi connectivity index (χ2n) is 5.53. The van der Waals surface area contributed by atoms with Gasteiger partial charge in [0.25, 0.3) is 0 Å². The molecule has 0 aliphatic heterocycles. The molecule has 0 aromatic heterocycles. The van der Waals surface area contributed by atoms with E-state index < -0.39 is 11.6 Å². The molecule has 1 atom stereocenters. The third kappa shape index (κ3) is 2.69. The predicted octanol–water partition coefficient (Wildman–Crippen LogP) is 3.79. The van der Waals surface area contributed by atoms with Crippen LogP contribution in [0.1, 0.15) is 47.9 Å². The zero-order valence-electron chi connectivity index (χ0n) is 11.7. The molecule has 0 bridgehead atoms. The average molecular weight is 288 g/mol. The number of halogens is 2. The normalized spacial score (nSPS) is 16.5. The Labute approximate surface area is 122 Å². The summed E-state index contributed by atoms with van der Waals surface area (Å²) in [4.78, 5) is 0. The van der Waals surface area contributed by atoms with E-state index in [1.807, 2.05) is 18.2 Å². The molecule has 2 nitrogen and oxygen atoms in total. The van der Waals surface area contributed by atoms with E-state index in [2.05, 4.69) is 11.5 Å². The van der Waals surface area contributed by atoms with Crippen molar-refractivity contribution in [3.8, 4) is 0 Å². The standard InChI is InChI=1S/C17H18F2N2/c18-15-9-8-12(10-16(15)19)17(21-20)14-7-2-1-6-13(14)11-4-3-5-11/h1-2,6-11,17,21H,3-5,20H2. The molecule has 21 heavy (non-hydrogen) atoms. The molecule has 0 heterocycles. The minimum Gasteiger partial charge on any atom is -0.271 e. The number of hydrogen-bond acceptors (Lipinski definition) is 2. The molecular weight excluding hydrogens is 270 g/mol. The van der Waals surface area contributed by atoms with E-state index in [4.69, 9.17) is 5.84 Å². The molecule has 0 spiro atoms. The fourth-order valence-electron chi connectivity index (χ4n) is 2.92. The van der Waals surface area contributed by atoms with Crippen molar-refractivity contribution in [2.75, 3.05) is 0 Å². The summed E-state index contributed by atoms with van der Waals surface area (Å²) in [7, 11) is 0. The maximum absolute atomic E-state index is 13.5. The zero-order chi connectivity index (χ0) is 14.8. The lowest BCUT2D eigenvalue weighted by molar-refractivity contribution is 0.414. The lowest BCUT2D eigenvalue weighted by Crippen LogP contribution is -2.30. The Morgan fingerprint density at radius 3 is 2.43 bits per heavy atom. The molecule has 0 saturated heterocycles. The van der Waals surface area contributed by atoms with E-state index in [1.165, 1.54) is 30.9 Å². The summed E-state index contributed by atoms with van der Waals surface area (Å²) in [6.07, 6.45) is 3.59. The Bertz CT molecular complexity index is 638. The van der Waals surface area contributed by atoms with Crippen LogP contribution in [0, 0.1) is 11.6 Å². The Morgan fingerprint density at radius 1 is 1.05 bits per heavy atom. The predicted molar refractivity (Wildman–Crippen MR) is 78.6 cm³/mol. The molecule has 2 aromatic rings. The molecule has 1 aliphatic carbocycles. The molecule has 1 fully saturated rings. The number of nitrogens with one attached hydrogen (secondary N) is 1. The van der Waals surface area contributed by atoms with Gasteiger partial charge in [0.2, 0.25) is 0 Å². The van der Waals surface area contributed by atoms with Crippen molar-refractivity contribution in [1.82, 2.24) is 5.43 Å². The molecule has 1 aliphatic rings. The van der Waals surface area contributed by atoms with Crippen LogP contribution in [0.15, 0.2) is 42.5 Å². The van der Waals surface area contributed by atoms with Crippen molar-refractivity contribution < 1.29 is 8.78 Å². The summed E-state index contributed by atoms with van der Waals surface area (Å²) in [5, 5.41) is 0. The summed E-state index contributed by atoms with van der Waals surface area (Å²) in [6, 6.07) is 11.6. The van der Waals surface area contributed by atoms with Gasteiger partial charge in [-0.25, -0.2) is 14.2 Å². The summed E-state index contributed by atoms with van der Waals surface area (Å²) in [5.41, 5.74) is 5.65. The Hall–Kier alpha value is -1.78. The van der Waals surface area contributed by atoms with Gasteiger partial charge in [0.05, 0.1) is 6.04 Å². The number of rotatable bonds is 4. The van der Waals surface area contributed by atoms with Gasteiger partial charge in [-0.05, 0) is 47.6 Å². The summed E-state index contributed by atoms with van der Waals surface area (Å²) in [6.45, 7) is 0. The fourth-order valence-corrected chi connectivity index (χ4v) is 2.92. The molecule has 4 heteroatoms. The van der Waals surface area contributed by atoms with Crippen molar-refractivity contribution in [2.24, 2.45) is 5.84 Å². The van der Waals surface area contributed by atoms with Gasteiger partial charge in [-0.2, -0.15) is 0 Å². The lowest BCUT2D eigenvalue weighted by atomic mass is 9.76. The van der Waals surface area contributed by atoms with Crippen LogP contribution in [0.25, 0.3) is 0 Å². The second-order valence-corrected chi connectivity index (χ2v) is 5.53. The van der Waals surface area contributed by atoms with E-state index in [9.17, 15) is 8.78 Å². The van der Waals surface area contributed by atoms with Crippen LogP contribution >= 0.6 is 0 Å². The van der Waals surface area contributed by atoms with E-state index in [-0.39, 0.29) is 6.04 Å². The Kier molecular flexibility index (Phi) is 3.99. The van der Waals surface area contributed by atoms with Gasteiger partial charge in [-0.1, -0.05) is 36.8 Å². The molecule has 1 unspecified atom stereocenters. The largest absolute Gasteiger partial charge is 0.271 e. The number of benzene rings is 2. The maximum atomic E-state index is 13.5. The van der Waals surface area contributed by atoms with Crippen LogP contribution in [-0.4, -0.2) is 0 Å². The van der Waals surface area contributed by atoms with Gasteiger partial charge >= 0.3 is 0 Å². The lowest BCUT2D eigenvalue weighted by Gasteiger charge is -2.30. The third-order valence-electron chi connectivity index (χ3n) is 4.30. The SMILES string of the molecule is NNC(c1ccc(F)c(F)c1)c1ccccc1C1CCC1. The topological polar surface area (TPSA) is 38.0 Å². The maximum Gasteiger partial charge on any atom is 0.159 e. The van der Waals surface area contributed by atoms with Crippen molar-refractivity contribution >= 4 is 0 Å². The van der Waals surface area contributed by atoms with E-state index in [0.29, 0.717) is 11.5 Å². The third-order valence-corrected chi connectivity index (χ3v) is 4.30. The van der Waals surface area contributed by atoms with Crippen LogP contribution < -0.4 is 11.3 Å². The quantitative estimate of drug-likeness (QED) is 0.663. The zero-order valence-corrected chi connectivity index (χ0v) is 11.7. The summed E-state index contributed by atoms with van der Waals surface area (Å²) >= 11 is 0. The first-order valence-corrected chi connectivity index (χ1v) is 7.20. The van der Waals surface area contributed by atoms with Gasteiger partial charge in [0.15, 0.2) is 11.6 Å². The van der Waals surface area contributed by atoms with Gasteiger partial charge in [-0.15, -0.1) is 0 Å². The van der Waals surface area contributed by atoms with E-state index in [0.717, 1.165) is 11.6 Å². The highest BCUT2D eigenvalue weighted by Gasteiger charge is 2.25. The van der Waals surface area contributed by atoms with Crippen LogP contribution in [0.2, 0.25) is 0 Å². The second kappa shape index (κ2) is 5.92. The van der Waals surface area contributed by atoms with Crippen LogP contribution in [0.4, 0.5) is 8.78 Å². The van der Waals surface area contributed by atoms with Gasteiger partial charge in [-0.3, -0.25) is 5.84 Å². The van der Waals surface area contributed by atoms with Crippen molar-refractivity contribution in [3.05, 3.63) is 70.8 Å². The van der Waals surface area contributed by atoms with Gasteiger partial charge < -0.3 is 0 Å². The smallest absolute Gasteiger partial charge is 0.159 e. The molecule has 2 aromatic carbocycles. The number of nitrogens with two attached hydrogens (primary N) is 1. The summed E-state index contributed by atoms with van der Waals surface area (Å²) in [5.74, 6) is 4.53. The monoisotopic (exact) mass is 288 g/mol. The van der Waals surface area contributed by atoms with Crippen molar-refractivity contribution in [2.45, 2.75) is 31.2 Å². The molecular formula is C17H18F2N2. The molecule has 1 saturated carbocycles. The van der Waals surface area contributed by atoms with E-state index >= 15 is 0 Å². The highest BCUT2D eigenvalue weighted by molar-refractivity contribution is 5.40. The van der Waals surface area contributed by atoms with Crippen LogP contribution in [-0.2, 0) is 0 Å². The fraction of sp³-hybridized carbons (Fsp3) is 0.294. The first-order chi connectivity index (χ1) is 10.2. The van der Waals surface area contributed by atoms with Crippen molar-refractivity contribution in [1.29, 1.82) is 0 Å². The highest BCUT2D eigenvalue weighted by Crippen LogP contribution is 2.40. The molecule has 110 valence electrons. The molecule has 3 N–H and O–H groups in total. The molecule has 3 rings (SSSR count). The number of hydrazine groups is 1. The average Bonchev–Trinajstić information content (AvgIpc) is 2.43. The minimum atomic E-state index is -0.853. The molecule has 0 radical (unpaired) electrons. The van der Waals surface area contributed by atoms with Gasteiger partial charge in [0.1, 0.15) is 0 Å². The highest BCUT2D eigenvalue weighted by atomic mass is 19.2. The van der Waals surface area contributed by atoms with Crippen molar-refractivity contribution in [3.63, 3.8) is 0 Å². The first-order valence-electron chi connectivity index (χ1n) is 7.20. The Balaban J connectivity index is 2.01.